The van der Waals surface area contributed by atoms with Gasteiger partial charge in [0.15, 0.2) is 0 Å². The number of nitrogens with zero attached hydrogens (tertiary/aromatic N) is 2. The molecule has 0 saturated heterocycles. The summed E-state index contributed by atoms with van der Waals surface area (Å²) in [5.74, 6) is -0.215. The van der Waals surface area contributed by atoms with Crippen LogP contribution < -0.4 is 0 Å². The molecule has 0 aromatic carbocycles. The molecule has 0 bridgehead atoms. The molecule has 0 amide bonds. The van der Waals surface area contributed by atoms with Gasteiger partial charge in [0.1, 0.15) is 0 Å². The second-order valence-corrected chi connectivity index (χ2v) is 4.03. The van der Waals surface area contributed by atoms with Crippen LogP contribution in [0.1, 0.15) is 18.2 Å². The third-order valence-corrected chi connectivity index (χ3v) is 2.54. The normalized spacial score (nSPS) is 10.4. The van der Waals surface area contributed by atoms with Crippen LogP contribution in [0.15, 0.2) is 31.0 Å². The molecular weight excluding hydrogens is 228 g/mol. The Bertz CT molecular complexity index is 405. The van der Waals surface area contributed by atoms with E-state index in [9.17, 15) is 4.79 Å². The summed E-state index contributed by atoms with van der Waals surface area (Å²) in [5, 5.41) is 0. The molecule has 0 spiro atoms. The molecular formula is C14H20N2O2. The van der Waals surface area contributed by atoms with E-state index < -0.39 is 0 Å². The van der Waals surface area contributed by atoms with E-state index >= 15 is 0 Å². The molecule has 1 aromatic rings. The first-order chi connectivity index (χ1) is 8.67. The van der Waals surface area contributed by atoms with E-state index in [2.05, 4.69) is 11.6 Å². The van der Waals surface area contributed by atoms with Gasteiger partial charge in [0.2, 0.25) is 0 Å². The number of rotatable bonds is 7. The Hall–Kier alpha value is -1.68. The molecule has 0 N–H and O–H groups in total. The van der Waals surface area contributed by atoms with E-state index in [0.29, 0.717) is 19.7 Å². The quantitative estimate of drug-likeness (QED) is 0.546. The zero-order valence-corrected chi connectivity index (χ0v) is 11.1. The van der Waals surface area contributed by atoms with Crippen molar-refractivity contribution in [3.05, 3.63) is 42.2 Å². The average molecular weight is 248 g/mol. The average Bonchev–Trinajstić information content (AvgIpc) is 2.32. The van der Waals surface area contributed by atoms with Gasteiger partial charge in [-0.15, -0.1) is 6.58 Å². The molecule has 0 unspecified atom stereocenters. The molecule has 0 aliphatic carbocycles. The molecule has 0 atom stereocenters. The summed E-state index contributed by atoms with van der Waals surface area (Å²) in [6.07, 6.45) is 3.54. The van der Waals surface area contributed by atoms with Crippen molar-refractivity contribution in [1.82, 2.24) is 9.88 Å². The largest absolute Gasteiger partial charge is 0.465 e. The minimum atomic E-state index is -0.215. The molecule has 18 heavy (non-hydrogen) atoms. The lowest BCUT2D eigenvalue weighted by Crippen LogP contribution is -2.31. The number of aromatic nitrogens is 1. The van der Waals surface area contributed by atoms with E-state index in [1.54, 1.807) is 19.2 Å². The van der Waals surface area contributed by atoms with Crippen LogP contribution in [0.2, 0.25) is 0 Å². The lowest BCUT2D eigenvalue weighted by molar-refractivity contribution is -0.144. The first kappa shape index (κ1) is 14.4. The summed E-state index contributed by atoms with van der Waals surface area (Å²) in [6, 6.07) is 3.92. The number of ether oxygens (including phenoxy) is 1. The molecule has 1 aromatic heterocycles. The van der Waals surface area contributed by atoms with Crippen molar-refractivity contribution < 1.29 is 9.53 Å². The van der Waals surface area contributed by atoms with Gasteiger partial charge in [-0.1, -0.05) is 12.1 Å². The highest BCUT2D eigenvalue weighted by Crippen LogP contribution is 2.07. The van der Waals surface area contributed by atoms with Crippen LogP contribution in [-0.4, -0.2) is 35.5 Å². The number of carbonyl (C=O) groups is 1. The predicted molar refractivity (Wildman–Crippen MR) is 71.1 cm³/mol. The van der Waals surface area contributed by atoms with Crippen molar-refractivity contribution in [2.75, 3.05) is 19.7 Å². The molecule has 0 aliphatic rings. The summed E-state index contributed by atoms with van der Waals surface area (Å²) in [6.45, 7) is 9.44. The monoisotopic (exact) mass is 248 g/mol. The Kier molecular flexibility index (Phi) is 6.08. The Balaban J connectivity index is 2.65. The zero-order valence-electron chi connectivity index (χ0n) is 11.1. The molecule has 1 rings (SSSR count). The number of hydrogen-bond acceptors (Lipinski definition) is 4. The van der Waals surface area contributed by atoms with Crippen LogP contribution in [-0.2, 0) is 16.1 Å². The maximum absolute atomic E-state index is 11.5. The molecule has 0 fully saturated rings. The second-order valence-electron chi connectivity index (χ2n) is 4.03. The van der Waals surface area contributed by atoms with Crippen molar-refractivity contribution in [3.63, 3.8) is 0 Å². The molecule has 0 aliphatic heterocycles. The van der Waals surface area contributed by atoms with Gasteiger partial charge in [0.05, 0.1) is 18.8 Å². The van der Waals surface area contributed by atoms with Gasteiger partial charge in [-0.2, -0.15) is 0 Å². The van der Waals surface area contributed by atoms with Gasteiger partial charge in [0, 0.05) is 19.3 Å². The van der Waals surface area contributed by atoms with E-state index in [1.165, 1.54) is 0 Å². The van der Waals surface area contributed by atoms with E-state index in [1.807, 2.05) is 24.0 Å². The Morgan fingerprint density at radius 3 is 3.00 bits per heavy atom. The second kappa shape index (κ2) is 7.61. The van der Waals surface area contributed by atoms with Gasteiger partial charge >= 0.3 is 5.97 Å². The summed E-state index contributed by atoms with van der Waals surface area (Å²) < 4.78 is 4.95. The number of carbonyl (C=O) groups excluding carboxylic acids is 1. The smallest absolute Gasteiger partial charge is 0.320 e. The summed E-state index contributed by atoms with van der Waals surface area (Å²) >= 11 is 0. The fourth-order valence-corrected chi connectivity index (χ4v) is 1.65. The third kappa shape index (κ3) is 4.67. The van der Waals surface area contributed by atoms with Crippen LogP contribution in [0.3, 0.4) is 0 Å². The maximum Gasteiger partial charge on any atom is 0.320 e. The van der Waals surface area contributed by atoms with Gasteiger partial charge in [-0.3, -0.25) is 14.7 Å². The molecule has 4 nitrogen and oxygen atoms in total. The zero-order chi connectivity index (χ0) is 13.4. The van der Waals surface area contributed by atoms with Crippen molar-refractivity contribution in [2.24, 2.45) is 0 Å². The molecule has 0 radical (unpaired) electrons. The highest BCUT2D eigenvalue weighted by molar-refractivity contribution is 5.71. The van der Waals surface area contributed by atoms with E-state index in [4.69, 9.17) is 4.74 Å². The summed E-state index contributed by atoms with van der Waals surface area (Å²) in [5.41, 5.74) is 2.10. The fraction of sp³-hybridized carbons (Fsp3) is 0.429. The first-order valence-corrected chi connectivity index (χ1v) is 6.06. The van der Waals surface area contributed by atoms with Crippen LogP contribution in [0.25, 0.3) is 0 Å². The molecule has 4 heteroatoms. The minimum absolute atomic E-state index is 0.215. The van der Waals surface area contributed by atoms with Gasteiger partial charge < -0.3 is 4.74 Å². The van der Waals surface area contributed by atoms with Crippen molar-refractivity contribution in [1.29, 1.82) is 0 Å². The number of hydrogen-bond donors (Lipinski definition) is 0. The van der Waals surface area contributed by atoms with Gasteiger partial charge in [-0.25, -0.2) is 0 Å². The SMILES string of the molecule is C=CCN(CC(=O)OCC)Cc1ncccc1C. The van der Waals surface area contributed by atoms with Gasteiger partial charge in [0.25, 0.3) is 0 Å². The minimum Gasteiger partial charge on any atom is -0.465 e. The summed E-state index contributed by atoms with van der Waals surface area (Å²) in [4.78, 5) is 17.8. The Morgan fingerprint density at radius 2 is 2.39 bits per heavy atom. The van der Waals surface area contributed by atoms with Crippen LogP contribution >= 0.6 is 0 Å². The lowest BCUT2D eigenvalue weighted by atomic mass is 10.2. The van der Waals surface area contributed by atoms with Crippen molar-refractivity contribution in [2.45, 2.75) is 20.4 Å². The fourth-order valence-electron chi connectivity index (χ4n) is 1.65. The van der Waals surface area contributed by atoms with Crippen molar-refractivity contribution >= 4 is 5.97 Å². The van der Waals surface area contributed by atoms with E-state index in [-0.39, 0.29) is 12.5 Å². The highest BCUT2D eigenvalue weighted by atomic mass is 16.5. The number of esters is 1. The predicted octanol–water partition coefficient (Wildman–Crippen LogP) is 1.94. The van der Waals surface area contributed by atoms with E-state index in [0.717, 1.165) is 11.3 Å². The first-order valence-electron chi connectivity index (χ1n) is 6.06. The number of pyridine rings is 1. The van der Waals surface area contributed by atoms with Gasteiger partial charge in [-0.05, 0) is 25.5 Å². The van der Waals surface area contributed by atoms with Crippen LogP contribution in [0.5, 0.6) is 0 Å². The molecule has 98 valence electrons. The standard InChI is InChI=1S/C14H20N2O2/c1-4-9-16(11-14(17)18-5-2)10-13-12(3)7-6-8-15-13/h4,6-8H,1,5,9-11H2,2-3H3. The Labute approximate surface area is 108 Å². The Morgan fingerprint density at radius 1 is 1.61 bits per heavy atom. The highest BCUT2D eigenvalue weighted by Gasteiger charge is 2.12. The molecule has 1 heterocycles. The summed E-state index contributed by atoms with van der Waals surface area (Å²) in [7, 11) is 0. The third-order valence-electron chi connectivity index (χ3n) is 2.54. The maximum atomic E-state index is 11.5. The molecule has 0 saturated carbocycles. The topological polar surface area (TPSA) is 42.4 Å². The van der Waals surface area contributed by atoms with Crippen LogP contribution in [0, 0.1) is 6.92 Å². The van der Waals surface area contributed by atoms with Crippen molar-refractivity contribution in [3.8, 4) is 0 Å². The number of aryl methyl sites for hydroxylation is 1. The van der Waals surface area contributed by atoms with Crippen LogP contribution in [0.4, 0.5) is 0 Å². The lowest BCUT2D eigenvalue weighted by Gasteiger charge is -2.19.